The molecule has 620 valence electrons. The average molecular weight is 1690 g/mol. The maximum atomic E-state index is 16.3. The Bertz CT molecular complexity index is 2940. The van der Waals surface area contributed by atoms with Gasteiger partial charge in [0.15, 0.2) is 0 Å². The van der Waals surface area contributed by atoms with E-state index in [1.807, 2.05) is 0 Å². The van der Waals surface area contributed by atoms with Gasteiger partial charge in [-0.15, -0.1) is 0 Å². The highest BCUT2D eigenvalue weighted by Crippen LogP contribution is 2.94. The van der Waals surface area contributed by atoms with E-state index in [2.05, 4.69) is 28.4 Å². The number of ether oxygens (including phenoxy) is 6. The molecule has 9 nitrogen and oxygen atoms in total. The summed E-state index contributed by atoms with van der Waals surface area (Å²) in [5, 5.41) is 30.1. The Balaban J connectivity index is 0.949. The summed E-state index contributed by atoms with van der Waals surface area (Å²) in [5.74, 6) is -134. The summed E-state index contributed by atoms with van der Waals surface area (Å²) in [6, 6.07) is 0. The van der Waals surface area contributed by atoms with Gasteiger partial charge in [-0.2, -0.15) is 158 Å². The highest BCUT2D eigenvalue weighted by molar-refractivity contribution is 5.60. The Morgan fingerprint density at radius 2 is 0.292 bits per heavy atom. The number of halogens is 51. The van der Waals surface area contributed by atoms with Gasteiger partial charge in [0.05, 0.1) is 59.5 Å². The van der Waals surface area contributed by atoms with Crippen molar-refractivity contribution >= 4 is 0 Å². The molecule has 3 unspecified atom stereocenters. The lowest BCUT2D eigenvalue weighted by molar-refractivity contribution is -0.614. The molecule has 12 rings (SSSR count). The lowest BCUT2D eigenvalue weighted by atomic mass is 9.37. The molecule has 60 heteroatoms. The minimum absolute atomic E-state index is 2.02. The Morgan fingerprint density at radius 1 is 0.179 bits per heavy atom. The molecule has 106 heavy (non-hydrogen) atoms. The second-order valence-electron chi connectivity index (χ2n) is 25.4. The van der Waals surface area contributed by atoms with Gasteiger partial charge >= 0.3 is 141 Å². The second kappa shape index (κ2) is 20.7. The van der Waals surface area contributed by atoms with Gasteiger partial charge in [0.2, 0.25) is 0 Å². The fourth-order valence-corrected chi connectivity index (χ4v) is 15.1. The zero-order valence-electron chi connectivity index (χ0n) is 48.2. The first kappa shape index (κ1) is 86.1. The van der Waals surface area contributed by atoms with E-state index in [1.165, 1.54) is 0 Å². The van der Waals surface area contributed by atoms with Crippen molar-refractivity contribution < 1.29 is 268 Å². The van der Waals surface area contributed by atoms with Crippen molar-refractivity contribution in [3.63, 3.8) is 0 Å². The van der Waals surface area contributed by atoms with Crippen LogP contribution >= 0.6 is 0 Å². The number of aliphatic hydroxyl groups excluding tert-OH is 3. The molecule has 0 aromatic carbocycles. The molecule has 0 saturated heterocycles. The van der Waals surface area contributed by atoms with Crippen molar-refractivity contribution in [3.05, 3.63) is 0 Å². The van der Waals surface area contributed by atoms with Crippen molar-refractivity contribution in [1.82, 2.24) is 0 Å². The zero-order chi connectivity index (χ0) is 83.4. The molecule has 12 aliphatic carbocycles. The van der Waals surface area contributed by atoms with Crippen LogP contribution < -0.4 is 0 Å². The van der Waals surface area contributed by atoms with Crippen LogP contribution in [0.2, 0.25) is 0 Å². The van der Waals surface area contributed by atoms with Gasteiger partial charge in [-0.3, -0.25) is 0 Å². The summed E-state index contributed by atoms with van der Waals surface area (Å²) in [6.45, 7) is -23.0. The van der Waals surface area contributed by atoms with Crippen molar-refractivity contribution in [3.8, 4) is 0 Å². The minimum Gasteiger partial charge on any atom is -0.388 e. The maximum absolute atomic E-state index is 16.3. The van der Waals surface area contributed by atoms with Crippen molar-refractivity contribution in [1.29, 1.82) is 0 Å². The first-order valence-corrected chi connectivity index (χ1v) is 27.0. The lowest BCUT2D eigenvalue weighted by Crippen LogP contribution is -3.10. The molecule has 0 radical (unpaired) electrons. The van der Waals surface area contributed by atoms with Gasteiger partial charge in [0, 0.05) is 5.92 Å². The number of hydrogen-bond donors (Lipinski definition) is 3. The predicted molar refractivity (Wildman–Crippen MR) is 218 cm³/mol. The summed E-state index contributed by atoms with van der Waals surface area (Å²) in [7, 11) is 0. The Hall–Kier alpha value is -3.93. The Labute approximate surface area is 544 Å². The third-order valence-corrected chi connectivity index (χ3v) is 20.4. The lowest BCUT2D eigenvalue weighted by Gasteiger charge is -2.75. The molecule has 0 amide bonds. The van der Waals surface area contributed by atoms with Crippen LogP contribution in [-0.4, -0.2) is 285 Å². The van der Waals surface area contributed by atoms with Gasteiger partial charge in [-0.25, -0.2) is 65.9 Å². The molecule has 0 aliphatic heterocycles. The molecule has 3 N–H and O–H groups in total. The number of rotatable bonds is 24. The zero-order valence-corrected chi connectivity index (χ0v) is 48.2. The van der Waals surface area contributed by atoms with Crippen LogP contribution in [-0.2, 0) is 28.4 Å². The van der Waals surface area contributed by atoms with Gasteiger partial charge in [0.1, 0.15) is 18.3 Å². The maximum Gasteiger partial charge on any atom is 0.397 e. The molecule has 12 saturated carbocycles. The van der Waals surface area contributed by atoms with Crippen LogP contribution in [0.4, 0.5) is 224 Å². The van der Waals surface area contributed by atoms with Crippen LogP contribution in [0.3, 0.4) is 0 Å². The SMILES string of the molecule is OC(COCC(COCC(O)COC(F)(F)C1(F)C2(F)C(F)(F)C3(F)C(F)(F)C(F)(C2(F)F)C(F)(F)C1(F)C3(F)F)COCC(O)COC(F)(F)C1(F)C2(F)C(F)(F)C3(F)C(F)(F)C(F)(C2(F)F)C(F)(F)C1(F)C3(F)F)COC(F)(F)C1(F)C2(F)C(F)(F)C3(F)C(F)(F)C(F)(C2(F)F)C(F)(F)C1(F)C3(F)F. The average Bonchev–Trinajstić information content (AvgIpc) is 0.599. The summed E-state index contributed by atoms with van der Waals surface area (Å²) < 4.78 is 801. The van der Waals surface area contributed by atoms with Crippen LogP contribution in [0.15, 0.2) is 0 Å². The fraction of sp³-hybridized carbons (Fsp3) is 1.00. The fourth-order valence-electron chi connectivity index (χ4n) is 15.1. The smallest absolute Gasteiger partial charge is 0.388 e. The van der Waals surface area contributed by atoms with Crippen LogP contribution in [0, 0.1) is 5.92 Å². The summed E-state index contributed by atoms with van der Waals surface area (Å²) in [5.41, 5.74) is -131. The molecule has 0 heterocycles. The summed E-state index contributed by atoms with van der Waals surface area (Å²) in [6.07, 6.45) is -35.6. The third-order valence-electron chi connectivity index (χ3n) is 20.4. The van der Waals surface area contributed by atoms with E-state index >= 15 is 198 Å². The number of hydrogen-bond acceptors (Lipinski definition) is 9. The van der Waals surface area contributed by atoms with Gasteiger partial charge in [-0.1, -0.05) is 0 Å². The molecule has 3 atom stereocenters. The molecular formula is C46H25F51O9. The van der Waals surface area contributed by atoms with Crippen molar-refractivity contribution in [2.24, 2.45) is 5.92 Å². The largest absolute Gasteiger partial charge is 0.397 e. The highest BCUT2D eigenvalue weighted by Gasteiger charge is 3.29. The molecule has 0 spiro atoms. The Morgan fingerprint density at radius 3 is 0.415 bits per heavy atom. The molecular weight excluding hydrogens is 1670 g/mol. The van der Waals surface area contributed by atoms with E-state index in [4.69, 9.17) is 0 Å². The van der Waals surface area contributed by atoms with Gasteiger partial charge in [-0.05, 0) is 0 Å². The van der Waals surface area contributed by atoms with Crippen molar-refractivity contribution in [2.75, 3.05) is 59.5 Å². The quantitative estimate of drug-likeness (QED) is 0.0813. The predicted octanol–water partition coefficient (Wildman–Crippen LogP) is 12.8. The first-order chi connectivity index (χ1) is 46.2. The summed E-state index contributed by atoms with van der Waals surface area (Å²) in [4.78, 5) is 0. The minimum atomic E-state index is -8.90. The molecule has 12 aliphatic rings. The standard InChI is InChI=1S/C46H25F51O9/c47-14(17(50)29(62,63)23(56)31(66,67)18(14,51)32(68,69)24(57,30(17,64)65)41(23,86)87)44(92,93)104-7-11(98)4-101-1-10(2-102-5-12(99)8-105-45(94,95)15(48)19(52)33(70,71)25(58)35(74,75)20(15,53)36(76,77)26(59,34(19,72)73)42(25,88)89)3-103-6-13(100)9-106-46(96,97)16(49)21(54)37(78,79)27(60)39(82,83)22(16,55)40(84,85)28(61,38(21,80)81)43(27,90)91/h10-13,98-100H,1-9H2. The van der Waals surface area contributed by atoms with Crippen LogP contribution in [0.5, 0.6) is 0 Å². The second-order valence-corrected chi connectivity index (χ2v) is 25.4. The van der Waals surface area contributed by atoms with E-state index in [-0.39, 0.29) is 0 Å². The Kier molecular flexibility index (Phi) is 16.8. The van der Waals surface area contributed by atoms with Crippen LogP contribution in [0.1, 0.15) is 0 Å². The van der Waals surface area contributed by atoms with E-state index < -0.39 is 276 Å². The van der Waals surface area contributed by atoms with Gasteiger partial charge in [0.25, 0.3) is 51.0 Å². The topological polar surface area (TPSA) is 116 Å². The molecule has 12 fully saturated rings. The first-order valence-electron chi connectivity index (χ1n) is 27.0. The third kappa shape index (κ3) is 6.69. The molecule has 0 aromatic rings. The number of aliphatic hydroxyl groups is 3. The number of alkyl halides is 51. The molecule has 12 bridgehead atoms. The normalized spacial score (nSPS) is 47.4. The van der Waals surface area contributed by atoms with Crippen molar-refractivity contribution in [2.45, 2.75) is 211 Å². The van der Waals surface area contributed by atoms with E-state index in [1.54, 1.807) is 0 Å². The monoisotopic (exact) mass is 1690 g/mol. The highest BCUT2D eigenvalue weighted by atomic mass is 19.4. The van der Waals surface area contributed by atoms with Gasteiger partial charge < -0.3 is 43.7 Å². The van der Waals surface area contributed by atoms with E-state index in [9.17, 15) is 41.7 Å². The molecule has 0 aromatic heterocycles. The van der Waals surface area contributed by atoms with Crippen LogP contribution in [0.25, 0.3) is 0 Å². The van der Waals surface area contributed by atoms with E-state index in [0.29, 0.717) is 0 Å². The van der Waals surface area contributed by atoms with E-state index in [0.717, 1.165) is 0 Å². The summed E-state index contributed by atoms with van der Waals surface area (Å²) >= 11 is 0.